The van der Waals surface area contributed by atoms with Gasteiger partial charge in [-0.15, -0.1) is 0 Å². The van der Waals surface area contributed by atoms with E-state index in [4.69, 9.17) is 0 Å². The summed E-state index contributed by atoms with van der Waals surface area (Å²) >= 11 is 0. The minimum atomic E-state index is -4.32. The zero-order chi connectivity index (χ0) is 17.7. The van der Waals surface area contributed by atoms with Gasteiger partial charge in [-0.2, -0.15) is 13.2 Å². The average molecular weight is 342 g/mol. The van der Waals surface area contributed by atoms with Gasteiger partial charge >= 0.3 is 6.18 Å². The monoisotopic (exact) mass is 342 g/mol. The Kier molecular flexibility index (Phi) is 6.27. The van der Waals surface area contributed by atoms with Gasteiger partial charge in [-0.3, -0.25) is 9.69 Å². The van der Waals surface area contributed by atoms with Crippen molar-refractivity contribution in [1.29, 1.82) is 0 Å². The number of hydrogen-bond donors (Lipinski definition) is 1. The maximum atomic E-state index is 12.5. The number of hydrogen-bond acceptors (Lipinski definition) is 2. The van der Waals surface area contributed by atoms with Gasteiger partial charge in [0.25, 0.3) is 0 Å². The standard InChI is InChI=1S/C18H25F3N2O/c1-13-3-9-16(10-4-13)22-17(24)12-23(2)11-14-5-7-15(8-6-14)18(19,20)21/h5-8,13,16H,3-4,9-12H2,1-2H3,(H,22,24). The number of amides is 1. The number of carbonyl (C=O) groups is 1. The number of nitrogens with one attached hydrogen (secondary N) is 1. The molecule has 0 atom stereocenters. The van der Waals surface area contributed by atoms with Crippen molar-refractivity contribution in [3.05, 3.63) is 35.4 Å². The smallest absolute Gasteiger partial charge is 0.352 e. The van der Waals surface area contributed by atoms with Crippen LogP contribution in [0, 0.1) is 5.92 Å². The van der Waals surface area contributed by atoms with Gasteiger partial charge in [-0.1, -0.05) is 19.1 Å². The molecule has 0 saturated heterocycles. The number of likely N-dealkylation sites (N-methyl/N-ethyl adjacent to an activating group) is 1. The second-order valence-corrected chi connectivity index (χ2v) is 6.89. The fourth-order valence-corrected chi connectivity index (χ4v) is 3.09. The molecule has 1 amide bonds. The van der Waals surface area contributed by atoms with Crippen molar-refractivity contribution in [1.82, 2.24) is 10.2 Å². The van der Waals surface area contributed by atoms with Crippen molar-refractivity contribution < 1.29 is 18.0 Å². The minimum absolute atomic E-state index is 0.0241. The quantitative estimate of drug-likeness (QED) is 0.882. The van der Waals surface area contributed by atoms with Crippen molar-refractivity contribution in [2.24, 2.45) is 5.92 Å². The highest BCUT2D eigenvalue weighted by Gasteiger charge is 2.30. The first-order chi connectivity index (χ1) is 11.2. The molecule has 6 heteroatoms. The number of rotatable bonds is 5. The zero-order valence-corrected chi connectivity index (χ0v) is 14.2. The lowest BCUT2D eigenvalue weighted by molar-refractivity contribution is -0.137. The van der Waals surface area contributed by atoms with Crippen molar-refractivity contribution in [3.63, 3.8) is 0 Å². The molecule has 1 aromatic carbocycles. The largest absolute Gasteiger partial charge is 0.416 e. The van der Waals surface area contributed by atoms with Gasteiger partial charge in [-0.25, -0.2) is 0 Å². The second-order valence-electron chi connectivity index (χ2n) is 6.89. The first kappa shape index (κ1) is 18.8. The van der Waals surface area contributed by atoms with Gasteiger partial charge in [0.1, 0.15) is 0 Å². The summed E-state index contributed by atoms with van der Waals surface area (Å²) in [6.07, 6.45) is 0.0194. The number of nitrogens with zero attached hydrogens (tertiary/aromatic N) is 1. The maximum absolute atomic E-state index is 12.5. The number of alkyl halides is 3. The molecule has 3 nitrogen and oxygen atoms in total. The summed E-state index contributed by atoms with van der Waals surface area (Å²) < 4.78 is 37.6. The van der Waals surface area contributed by atoms with Crippen LogP contribution in [0.5, 0.6) is 0 Å². The van der Waals surface area contributed by atoms with Crippen molar-refractivity contribution >= 4 is 5.91 Å². The van der Waals surface area contributed by atoms with E-state index in [2.05, 4.69) is 12.2 Å². The van der Waals surface area contributed by atoms with E-state index in [1.807, 2.05) is 4.90 Å². The van der Waals surface area contributed by atoms with Gasteiger partial charge in [-0.05, 0) is 56.3 Å². The van der Waals surface area contributed by atoms with Crippen LogP contribution in [0.25, 0.3) is 0 Å². The predicted octanol–water partition coefficient (Wildman–Crippen LogP) is 3.83. The topological polar surface area (TPSA) is 32.3 Å². The molecule has 0 radical (unpaired) electrons. The molecule has 1 fully saturated rings. The van der Waals surface area contributed by atoms with E-state index in [0.717, 1.165) is 49.3 Å². The van der Waals surface area contributed by atoms with Crippen LogP contribution in [0.4, 0.5) is 13.2 Å². The molecule has 0 heterocycles. The van der Waals surface area contributed by atoms with Crippen LogP contribution in [0.3, 0.4) is 0 Å². The summed E-state index contributed by atoms with van der Waals surface area (Å²) in [6.45, 7) is 2.91. The van der Waals surface area contributed by atoms with Gasteiger partial charge in [0, 0.05) is 12.6 Å². The molecular weight excluding hydrogens is 317 g/mol. The fraction of sp³-hybridized carbons (Fsp3) is 0.611. The average Bonchev–Trinajstić information content (AvgIpc) is 2.49. The van der Waals surface area contributed by atoms with E-state index in [9.17, 15) is 18.0 Å². The molecule has 1 saturated carbocycles. The van der Waals surface area contributed by atoms with Crippen molar-refractivity contribution in [2.75, 3.05) is 13.6 Å². The normalized spacial score (nSPS) is 21.8. The van der Waals surface area contributed by atoms with Crippen LogP contribution in [0.15, 0.2) is 24.3 Å². The highest BCUT2D eigenvalue weighted by molar-refractivity contribution is 5.78. The molecular formula is C18H25F3N2O. The van der Waals surface area contributed by atoms with Gasteiger partial charge < -0.3 is 5.32 Å². The van der Waals surface area contributed by atoms with E-state index < -0.39 is 11.7 Å². The summed E-state index contributed by atoms with van der Waals surface area (Å²) in [4.78, 5) is 13.9. The summed E-state index contributed by atoms with van der Waals surface area (Å²) in [5.74, 6) is 0.712. The number of benzene rings is 1. The lowest BCUT2D eigenvalue weighted by Gasteiger charge is -2.27. The van der Waals surface area contributed by atoms with Crippen LogP contribution >= 0.6 is 0 Å². The van der Waals surface area contributed by atoms with E-state index in [1.165, 1.54) is 12.1 Å². The SMILES string of the molecule is CC1CCC(NC(=O)CN(C)Cc2ccc(C(F)(F)F)cc2)CC1. The Morgan fingerprint density at radius 1 is 1.17 bits per heavy atom. The summed E-state index contributed by atoms with van der Waals surface area (Å²) in [5.41, 5.74) is 0.1000. The first-order valence-corrected chi connectivity index (χ1v) is 8.38. The van der Waals surface area contributed by atoms with Crippen LogP contribution in [-0.4, -0.2) is 30.4 Å². The first-order valence-electron chi connectivity index (χ1n) is 8.38. The second kappa shape index (κ2) is 8.01. The van der Waals surface area contributed by atoms with Crippen LogP contribution in [-0.2, 0) is 17.5 Å². The molecule has 0 aliphatic heterocycles. The van der Waals surface area contributed by atoms with Gasteiger partial charge in [0.05, 0.1) is 12.1 Å². The Bertz CT molecular complexity index is 534. The molecule has 0 spiro atoms. The molecule has 0 aromatic heterocycles. The van der Waals surface area contributed by atoms with Gasteiger partial charge in [0.2, 0.25) is 5.91 Å². The highest BCUT2D eigenvalue weighted by atomic mass is 19.4. The molecule has 1 aliphatic rings. The Labute approximate surface area is 141 Å². The third-order valence-corrected chi connectivity index (χ3v) is 4.53. The van der Waals surface area contributed by atoms with Crippen molar-refractivity contribution in [2.45, 2.75) is 51.4 Å². The maximum Gasteiger partial charge on any atom is 0.416 e. The highest BCUT2D eigenvalue weighted by Crippen LogP contribution is 2.29. The molecule has 1 aliphatic carbocycles. The Morgan fingerprint density at radius 2 is 1.75 bits per heavy atom. The van der Waals surface area contributed by atoms with E-state index in [-0.39, 0.29) is 18.5 Å². The van der Waals surface area contributed by atoms with Crippen LogP contribution < -0.4 is 5.32 Å². The van der Waals surface area contributed by atoms with E-state index in [0.29, 0.717) is 6.54 Å². The summed E-state index contributed by atoms with van der Waals surface area (Å²) in [7, 11) is 1.79. The molecule has 1 N–H and O–H groups in total. The molecule has 2 rings (SSSR count). The molecule has 1 aromatic rings. The summed E-state index contributed by atoms with van der Waals surface area (Å²) in [5, 5.41) is 3.06. The molecule has 24 heavy (non-hydrogen) atoms. The zero-order valence-electron chi connectivity index (χ0n) is 14.2. The van der Waals surface area contributed by atoms with Crippen LogP contribution in [0.2, 0.25) is 0 Å². The third-order valence-electron chi connectivity index (χ3n) is 4.53. The van der Waals surface area contributed by atoms with Gasteiger partial charge in [0.15, 0.2) is 0 Å². The Balaban J connectivity index is 1.78. The molecule has 134 valence electrons. The Morgan fingerprint density at radius 3 is 2.29 bits per heavy atom. The third kappa shape index (κ3) is 5.82. The molecule has 0 unspecified atom stereocenters. The lowest BCUT2D eigenvalue weighted by atomic mass is 9.87. The summed E-state index contributed by atoms with van der Waals surface area (Å²) in [6, 6.07) is 5.33. The van der Waals surface area contributed by atoms with E-state index in [1.54, 1.807) is 7.05 Å². The van der Waals surface area contributed by atoms with E-state index >= 15 is 0 Å². The van der Waals surface area contributed by atoms with Crippen molar-refractivity contribution in [3.8, 4) is 0 Å². The number of carbonyl (C=O) groups excluding carboxylic acids is 1. The Hall–Kier alpha value is -1.56. The minimum Gasteiger partial charge on any atom is -0.352 e. The predicted molar refractivity (Wildman–Crippen MR) is 87.3 cm³/mol. The van der Waals surface area contributed by atoms with Crippen LogP contribution in [0.1, 0.15) is 43.7 Å². The fourth-order valence-electron chi connectivity index (χ4n) is 3.09. The number of halogens is 3. The molecule has 0 bridgehead atoms. The lowest BCUT2D eigenvalue weighted by Crippen LogP contribution is -2.42.